The molecule has 0 saturated carbocycles. The molecule has 0 spiro atoms. The van der Waals surface area contributed by atoms with Crippen LogP contribution in [0.2, 0.25) is 0 Å². The van der Waals surface area contributed by atoms with Gasteiger partial charge in [-0.25, -0.2) is 17.6 Å². The summed E-state index contributed by atoms with van der Waals surface area (Å²) in [6, 6.07) is 10.2. The minimum Gasteiger partial charge on any atom is -0.205 e. The summed E-state index contributed by atoms with van der Waals surface area (Å²) in [7, 11) is 0. The average Bonchev–Trinajstić information content (AvgIpc) is 2.58. The van der Waals surface area contributed by atoms with E-state index < -0.39 is 23.3 Å². The van der Waals surface area contributed by atoms with E-state index in [1.807, 2.05) is 19.1 Å². The number of benzene rings is 3. The largest absolute Gasteiger partial charge is 0.205 e. The van der Waals surface area contributed by atoms with Crippen molar-refractivity contribution in [3.63, 3.8) is 0 Å². The molecule has 3 aromatic carbocycles. The van der Waals surface area contributed by atoms with Crippen molar-refractivity contribution in [2.45, 2.75) is 13.3 Å². The standard InChI is InChI=1S/C20H12F4/c1-2-12-4-8-16-15(9-12)7-6-14(19(16)23)5-3-13-10-17(21)20(24)18(22)11-13/h4,6-11H,2H2,1H3. The lowest BCUT2D eigenvalue weighted by Crippen LogP contribution is -1.92. The van der Waals surface area contributed by atoms with Gasteiger partial charge in [0.05, 0.1) is 5.56 Å². The van der Waals surface area contributed by atoms with Crippen LogP contribution >= 0.6 is 0 Å². The van der Waals surface area contributed by atoms with Gasteiger partial charge < -0.3 is 0 Å². The van der Waals surface area contributed by atoms with E-state index in [9.17, 15) is 17.6 Å². The summed E-state index contributed by atoms with van der Waals surface area (Å²) in [5.74, 6) is 0.301. The number of hydrogen-bond acceptors (Lipinski definition) is 0. The van der Waals surface area contributed by atoms with Crippen LogP contribution in [0.4, 0.5) is 17.6 Å². The second-order valence-corrected chi connectivity index (χ2v) is 5.34. The zero-order valence-electron chi connectivity index (χ0n) is 12.8. The van der Waals surface area contributed by atoms with Gasteiger partial charge in [-0.1, -0.05) is 43.0 Å². The van der Waals surface area contributed by atoms with Crippen LogP contribution in [-0.2, 0) is 6.42 Å². The Morgan fingerprint density at radius 3 is 2.17 bits per heavy atom. The van der Waals surface area contributed by atoms with E-state index in [0.717, 1.165) is 29.5 Å². The second-order valence-electron chi connectivity index (χ2n) is 5.34. The third-order valence-corrected chi connectivity index (χ3v) is 3.75. The summed E-state index contributed by atoms with van der Waals surface area (Å²) < 4.78 is 53.8. The summed E-state index contributed by atoms with van der Waals surface area (Å²) in [5.41, 5.74) is 1.14. The fourth-order valence-corrected chi connectivity index (χ4v) is 2.42. The molecular weight excluding hydrogens is 316 g/mol. The van der Waals surface area contributed by atoms with Gasteiger partial charge in [-0.2, -0.15) is 0 Å². The Balaban J connectivity index is 2.04. The second kappa shape index (κ2) is 6.37. The Morgan fingerprint density at radius 2 is 1.50 bits per heavy atom. The molecule has 0 saturated heterocycles. The van der Waals surface area contributed by atoms with Crippen LogP contribution in [0.15, 0.2) is 42.5 Å². The Bertz CT molecular complexity index is 971. The number of rotatable bonds is 1. The van der Waals surface area contributed by atoms with E-state index in [4.69, 9.17) is 0 Å². The summed E-state index contributed by atoms with van der Waals surface area (Å²) in [4.78, 5) is 0. The first-order chi connectivity index (χ1) is 11.5. The molecule has 3 aromatic rings. The minimum absolute atomic E-state index is 0.0628. The molecule has 0 aliphatic rings. The normalized spacial score (nSPS) is 10.5. The quantitative estimate of drug-likeness (QED) is 0.320. The molecule has 0 aromatic heterocycles. The number of hydrogen-bond donors (Lipinski definition) is 0. The highest BCUT2D eigenvalue weighted by atomic mass is 19.2. The molecule has 0 N–H and O–H groups in total. The average molecular weight is 328 g/mol. The molecule has 0 nitrogen and oxygen atoms in total. The molecule has 0 unspecified atom stereocenters. The van der Waals surface area contributed by atoms with E-state index >= 15 is 0 Å². The molecule has 0 heterocycles. The molecule has 0 atom stereocenters. The molecule has 0 aliphatic carbocycles. The van der Waals surface area contributed by atoms with Crippen LogP contribution < -0.4 is 0 Å². The monoisotopic (exact) mass is 328 g/mol. The summed E-state index contributed by atoms with van der Waals surface area (Å²) in [6.45, 7) is 2.01. The van der Waals surface area contributed by atoms with Crippen LogP contribution in [0.1, 0.15) is 23.6 Å². The Kier molecular flexibility index (Phi) is 4.26. The number of fused-ring (bicyclic) bond motifs is 1. The fourth-order valence-electron chi connectivity index (χ4n) is 2.42. The van der Waals surface area contributed by atoms with E-state index in [1.165, 1.54) is 6.07 Å². The summed E-state index contributed by atoms with van der Waals surface area (Å²) in [5, 5.41) is 1.19. The fraction of sp³-hybridized carbons (Fsp3) is 0.100. The lowest BCUT2D eigenvalue weighted by Gasteiger charge is -2.04. The van der Waals surface area contributed by atoms with Gasteiger partial charge in [0.15, 0.2) is 17.5 Å². The van der Waals surface area contributed by atoms with Gasteiger partial charge in [0.2, 0.25) is 0 Å². The number of halogens is 4. The zero-order chi connectivity index (χ0) is 17.3. The first kappa shape index (κ1) is 16.1. The van der Waals surface area contributed by atoms with Gasteiger partial charge in [0, 0.05) is 10.9 Å². The van der Waals surface area contributed by atoms with Crippen molar-refractivity contribution in [3.05, 3.63) is 82.4 Å². The topological polar surface area (TPSA) is 0 Å². The van der Waals surface area contributed by atoms with Crippen molar-refractivity contribution in [3.8, 4) is 11.8 Å². The summed E-state index contributed by atoms with van der Waals surface area (Å²) in [6.07, 6.45) is 0.848. The van der Waals surface area contributed by atoms with Crippen molar-refractivity contribution < 1.29 is 17.6 Å². The third-order valence-electron chi connectivity index (χ3n) is 3.75. The van der Waals surface area contributed by atoms with Crippen molar-refractivity contribution >= 4 is 10.8 Å². The van der Waals surface area contributed by atoms with Gasteiger partial charge in [-0.05, 0) is 35.6 Å². The smallest absolute Gasteiger partial charge is 0.194 e. The minimum atomic E-state index is -1.55. The van der Waals surface area contributed by atoms with Crippen LogP contribution in [0, 0.1) is 35.1 Å². The predicted octanol–water partition coefficient (Wildman–Crippen LogP) is 5.36. The SMILES string of the molecule is CCc1ccc2c(F)c(C#Cc3cc(F)c(F)c(F)c3)ccc2c1. The predicted molar refractivity (Wildman–Crippen MR) is 85.6 cm³/mol. The maximum absolute atomic E-state index is 14.5. The van der Waals surface area contributed by atoms with Gasteiger partial charge >= 0.3 is 0 Å². The Morgan fingerprint density at radius 1 is 0.792 bits per heavy atom. The van der Waals surface area contributed by atoms with Crippen LogP contribution in [-0.4, -0.2) is 0 Å². The summed E-state index contributed by atoms with van der Waals surface area (Å²) >= 11 is 0. The van der Waals surface area contributed by atoms with Crippen LogP contribution in [0.5, 0.6) is 0 Å². The molecule has 120 valence electrons. The molecule has 0 amide bonds. The first-order valence-electron chi connectivity index (χ1n) is 7.37. The molecule has 24 heavy (non-hydrogen) atoms. The maximum Gasteiger partial charge on any atom is 0.194 e. The lowest BCUT2D eigenvalue weighted by atomic mass is 10.0. The first-order valence-corrected chi connectivity index (χ1v) is 7.37. The van der Waals surface area contributed by atoms with Crippen LogP contribution in [0.25, 0.3) is 10.8 Å². The van der Waals surface area contributed by atoms with Crippen LogP contribution in [0.3, 0.4) is 0 Å². The Hall–Kier alpha value is -2.80. The van der Waals surface area contributed by atoms with E-state index in [1.54, 1.807) is 12.1 Å². The van der Waals surface area contributed by atoms with Crippen molar-refractivity contribution in [2.75, 3.05) is 0 Å². The van der Waals surface area contributed by atoms with E-state index in [2.05, 4.69) is 11.8 Å². The highest BCUT2D eigenvalue weighted by Gasteiger charge is 2.10. The van der Waals surface area contributed by atoms with Crippen molar-refractivity contribution in [1.29, 1.82) is 0 Å². The molecule has 4 heteroatoms. The van der Waals surface area contributed by atoms with Crippen molar-refractivity contribution in [1.82, 2.24) is 0 Å². The van der Waals surface area contributed by atoms with E-state index in [0.29, 0.717) is 5.39 Å². The molecular formula is C20H12F4. The highest BCUT2D eigenvalue weighted by molar-refractivity contribution is 5.85. The molecule has 0 bridgehead atoms. The molecule has 0 radical (unpaired) electrons. The molecule has 0 aliphatic heterocycles. The Labute approximate surface area is 136 Å². The zero-order valence-corrected chi connectivity index (χ0v) is 12.8. The number of aryl methyl sites for hydroxylation is 1. The molecule has 3 rings (SSSR count). The highest BCUT2D eigenvalue weighted by Crippen LogP contribution is 2.22. The third kappa shape index (κ3) is 2.98. The molecule has 0 fully saturated rings. The lowest BCUT2D eigenvalue weighted by molar-refractivity contribution is 0.446. The van der Waals surface area contributed by atoms with E-state index in [-0.39, 0.29) is 11.1 Å². The van der Waals surface area contributed by atoms with Gasteiger partial charge in [0.25, 0.3) is 0 Å². The van der Waals surface area contributed by atoms with Gasteiger partial charge in [-0.15, -0.1) is 0 Å². The maximum atomic E-state index is 14.5. The van der Waals surface area contributed by atoms with Gasteiger partial charge in [-0.3, -0.25) is 0 Å². The van der Waals surface area contributed by atoms with Gasteiger partial charge in [0.1, 0.15) is 5.82 Å². The van der Waals surface area contributed by atoms with Crippen molar-refractivity contribution in [2.24, 2.45) is 0 Å².